The van der Waals surface area contributed by atoms with Gasteiger partial charge in [0.05, 0.1) is 10.5 Å². The molecule has 21 heavy (non-hydrogen) atoms. The Hall–Kier alpha value is -2.97. The average molecular weight is 292 g/mol. The van der Waals surface area contributed by atoms with E-state index in [9.17, 15) is 19.3 Å². The average Bonchev–Trinajstić information content (AvgIpc) is 2.78. The van der Waals surface area contributed by atoms with Gasteiger partial charge < -0.3 is 10.5 Å². The summed E-state index contributed by atoms with van der Waals surface area (Å²) < 4.78 is 19.0. The van der Waals surface area contributed by atoms with E-state index in [1.165, 1.54) is 18.2 Å². The van der Waals surface area contributed by atoms with E-state index in [4.69, 9.17) is 10.5 Å². The van der Waals surface area contributed by atoms with Crippen LogP contribution in [0.2, 0.25) is 0 Å². The number of nitrogens with zero attached hydrogens (tertiary/aromatic N) is 2. The lowest BCUT2D eigenvalue weighted by Crippen LogP contribution is -2.30. The van der Waals surface area contributed by atoms with Crippen LogP contribution in [0.4, 0.5) is 10.3 Å². The molecule has 2 atom stereocenters. The van der Waals surface area contributed by atoms with Gasteiger partial charge in [0.2, 0.25) is 11.8 Å². The molecule has 1 aliphatic heterocycles. The summed E-state index contributed by atoms with van der Waals surface area (Å²) in [5, 5.41) is 11.1. The second-order valence-electron chi connectivity index (χ2n) is 4.46. The number of hydrogen-bond acceptors (Lipinski definition) is 6. The summed E-state index contributed by atoms with van der Waals surface area (Å²) in [5.74, 6) is -2.32. The molecule has 9 heteroatoms. The first kappa shape index (κ1) is 13.0. The Morgan fingerprint density at radius 2 is 2.14 bits per heavy atom. The Balaban J connectivity index is 2.25. The summed E-state index contributed by atoms with van der Waals surface area (Å²) in [5.41, 5.74) is 4.59. The van der Waals surface area contributed by atoms with Crippen LogP contribution in [-0.2, 0) is 0 Å². The highest BCUT2D eigenvalue weighted by Crippen LogP contribution is 2.40. The summed E-state index contributed by atoms with van der Waals surface area (Å²) in [6.45, 7) is 0. The molecule has 2 heterocycles. The van der Waals surface area contributed by atoms with Gasteiger partial charge in [-0.2, -0.15) is 4.98 Å². The SMILES string of the molecule is Nc1nc2c(c(=O)[nH]1)[C@@H](c1ccccc1F)[C@H]([N+](=O)[O-])O2. The third kappa shape index (κ3) is 1.98. The van der Waals surface area contributed by atoms with Gasteiger partial charge >= 0.3 is 6.23 Å². The smallest absolute Gasteiger partial charge is 0.366 e. The number of nitrogens with two attached hydrogens (primary N) is 1. The fraction of sp³-hybridized carbons (Fsp3) is 0.167. The minimum atomic E-state index is -1.63. The predicted octanol–water partition coefficient (Wildman–Crippen LogP) is 0.618. The van der Waals surface area contributed by atoms with Crippen LogP contribution < -0.4 is 16.0 Å². The molecule has 0 fully saturated rings. The van der Waals surface area contributed by atoms with Crippen molar-refractivity contribution in [2.24, 2.45) is 0 Å². The normalized spacial score (nSPS) is 19.9. The van der Waals surface area contributed by atoms with Crippen LogP contribution >= 0.6 is 0 Å². The molecule has 0 saturated heterocycles. The minimum Gasteiger partial charge on any atom is -0.411 e. The molecule has 0 saturated carbocycles. The number of hydrogen-bond donors (Lipinski definition) is 2. The summed E-state index contributed by atoms with van der Waals surface area (Å²) in [6, 6.07) is 5.49. The standard InChI is InChI=1S/C12H9FN4O4/c13-6-4-2-1-3-5(6)7-8-9(18)15-12(14)16-10(8)21-11(7)17(19)20/h1-4,7,11H,(H3,14,15,16,18)/t7-,11-/m1/s1. The fourth-order valence-electron chi connectivity index (χ4n) is 2.37. The number of aromatic amines is 1. The van der Waals surface area contributed by atoms with E-state index < -0.39 is 28.4 Å². The van der Waals surface area contributed by atoms with Crippen LogP contribution in [0.5, 0.6) is 5.88 Å². The van der Waals surface area contributed by atoms with Gasteiger partial charge in [-0.15, -0.1) is 0 Å². The van der Waals surface area contributed by atoms with E-state index in [0.717, 1.165) is 6.07 Å². The first-order chi connectivity index (χ1) is 9.99. The van der Waals surface area contributed by atoms with Crippen molar-refractivity contribution in [1.82, 2.24) is 9.97 Å². The Morgan fingerprint density at radius 3 is 2.81 bits per heavy atom. The maximum atomic E-state index is 13.9. The van der Waals surface area contributed by atoms with E-state index in [2.05, 4.69) is 9.97 Å². The first-order valence-corrected chi connectivity index (χ1v) is 5.93. The van der Waals surface area contributed by atoms with E-state index in [0.29, 0.717) is 0 Å². The molecular formula is C12H9FN4O4. The number of anilines is 1. The zero-order valence-corrected chi connectivity index (χ0v) is 10.4. The number of halogens is 1. The van der Waals surface area contributed by atoms with E-state index in [-0.39, 0.29) is 23.0 Å². The van der Waals surface area contributed by atoms with Crippen molar-refractivity contribution < 1.29 is 14.1 Å². The van der Waals surface area contributed by atoms with Gasteiger partial charge in [0.15, 0.2) is 0 Å². The number of nitrogens with one attached hydrogen (secondary N) is 1. The topological polar surface area (TPSA) is 124 Å². The van der Waals surface area contributed by atoms with Gasteiger partial charge in [-0.1, -0.05) is 18.2 Å². The number of rotatable bonds is 2. The third-order valence-electron chi connectivity index (χ3n) is 3.22. The maximum Gasteiger partial charge on any atom is 0.366 e. The molecule has 1 aliphatic rings. The van der Waals surface area contributed by atoms with Crippen LogP contribution in [0.3, 0.4) is 0 Å². The number of nitro groups is 1. The second-order valence-corrected chi connectivity index (χ2v) is 4.46. The van der Waals surface area contributed by atoms with Crippen LogP contribution in [0.25, 0.3) is 0 Å². The molecule has 3 N–H and O–H groups in total. The van der Waals surface area contributed by atoms with Gasteiger partial charge in [0.25, 0.3) is 5.56 Å². The summed E-state index contributed by atoms with van der Waals surface area (Å²) in [6.07, 6.45) is -1.63. The first-order valence-electron chi connectivity index (χ1n) is 5.93. The molecule has 0 aliphatic carbocycles. The molecule has 0 radical (unpaired) electrons. The van der Waals surface area contributed by atoms with Crippen molar-refractivity contribution in [1.29, 1.82) is 0 Å². The van der Waals surface area contributed by atoms with Crippen molar-refractivity contribution in [3.8, 4) is 5.88 Å². The molecule has 2 aromatic rings. The monoisotopic (exact) mass is 292 g/mol. The zero-order chi connectivity index (χ0) is 15.1. The van der Waals surface area contributed by atoms with Crippen LogP contribution in [0.1, 0.15) is 17.0 Å². The molecule has 8 nitrogen and oxygen atoms in total. The van der Waals surface area contributed by atoms with Crippen molar-refractivity contribution in [3.05, 3.63) is 61.7 Å². The van der Waals surface area contributed by atoms with Crippen molar-refractivity contribution in [2.75, 3.05) is 5.73 Å². The lowest BCUT2D eigenvalue weighted by molar-refractivity contribution is -0.562. The molecule has 1 aromatic heterocycles. The fourth-order valence-corrected chi connectivity index (χ4v) is 2.37. The third-order valence-corrected chi connectivity index (χ3v) is 3.22. The number of ether oxygens (including phenoxy) is 1. The second kappa shape index (κ2) is 4.54. The Labute approximate surface area is 116 Å². The van der Waals surface area contributed by atoms with Crippen LogP contribution in [0, 0.1) is 15.9 Å². The van der Waals surface area contributed by atoms with Gasteiger partial charge in [-0.05, 0) is 6.07 Å². The van der Waals surface area contributed by atoms with Crippen molar-refractivity contribution in [3.63, 3.8) is 0 Å². The molecule has 0 unspecified atom stereocenters. The number of fused-ring (bicyclic) bond motifs is 1. The Bertz CT molecular complexity index is 791. The van der Waals surface area contributed by atoms with Crippen molar-refractivity contribution >= 4 is 5.95 Å². The number of aromatic nitrogens is 2. The predicted molar refractivity (Wildman–Crippen MR) is 68.9 cm³/mol. The molecule has 3 rings (SSSR count). The van der Waals surface area contributed by atoms with E-state index in [1.807, 2.05) is 0 Å². The highest BCUT2D eigenvalue weighted by molar-refractivity contribution is 5.43. The molecular weight excluding hydrogens is 283 g/mol. The Kier molecular flexibility index (Phi) is 2.82. The summed E-state index contributed by atoms with van der Waals surface area (Å²) in [4.78, 5) is 28.4. The summed E-state index contributed by atoms with van der Waals surface area (Å²) >= 11 is 0. The van der Waals surface area contributed by atoms with Crippen LogP contribution in [-0.4, -0.2) is 21.1 Å². The van der Waals surface area contributed by atoms with Crippen molar-refractivity contribution in [2.45, 2.75) is 12.1 Å². The number of benzene rings is 1. The Morgan fingerprint density at radius 1 is 1.43 bits per heavy atom. The highest BCUT2D eigenvalue weighted by Gasteiger charge is 2.48. The van der Waals surface area contributed by atoms with Crippen LogP contribution in [0.15, 0.2) is 29.1 Å². The molecule has 0 spiro atoms. The van der Waals surface area contributed by atoms with E-state index in [1.54, 1.807) is 0 Å². The quantitative estimate of drug-likeness (QED) is 0.617. The lowest BCUT2D eigenvalue weighted by Gasteiger charge is -2.12. The lowest BCUT2D eigenvalue weighted by atomic mass is 9.92. The molecule has 1 aromatic carbocycles. The minimum absolute atomic E-state index is 0.00461. The van der Waals surface area contributed by atoms with E-state index >= 15 is 0 Å². The molecule has 108 valence electrons. The molecule has 0 bridgehead atoms. The number of nitrogen functional groups attached to an aromatic ring is 1. The number of H-pyrrole nitrogens is 1. The highest BCUT2D eigenvalue weighted by atomic mass is 19.1. The van der Waals surface area contributed by atoms with Gasteiger partial charge in [-0.25, -0.2) is 4.39 Å². The van der Waals surface area contributed by atoms with Gasteiger partial charge in [0.1, 0.15) is 11.7 Å². The van der Waals surface area contributed by atoms with Gasteiger partial charge in [0, 0.05) is 5.56 Å². The zero-order valence-electron chi connectivity index (χ0n) is 10.4. The summed E-state index contributed by atoms with van der Waals surface area (Å²) in [7, 11) is 0. The molecule has 0 amide bonds. The largest absolute Gasteiger partial charge is 0.411 e. The van der Waals surface area contributed by atoms with Gasteiger partial charge in [-0.3, -0.25) is 19.9 Å². The maximum absolute atomic E-state index is 13.9.